The van der Waals surface area contributed by atoms with Crippen molar-refractivity contribution in [2.75, 3.05) is 0 Å². The molecule has 8 aromatic rings. The molecule has 4 heteroatoms. The first-order valence-corrected chi connectivity index (χ1v) is 16.8. The van der Waals surface area contributed by atoms with Gasteiger partial charge in [-0.05, 0) is 64.4 Å². The fraction of sp³-hybridized carbons (Fsp3) is 0.182. The molecule has 48 heavy (non-hydrogen) atoms. The van der Waals surface area contributed by atoms with Crippen molar-refractivity contribution in [3.8, 4) is 39.5 Å². The van der Waals surface area contributed by atoms with Crippen LogP contribution >= 0.6 is 0 Å². The van der Waals surface area contributed by atoms with Crippen LogP contribution in [0, 0.1) is 0 Å². The van der Waals surface area contributed by atoms with Crippen LogP contribution in [0.4, 0.5) is 0 Å². The highest BCUT2D eigenvalue weighted by atomic mass is 15.1. The molecule has 0 aliphatic rings. The molecule has 0 spiro atoms. The van der Waals surface area contributed by atoms with Crippen molar-refractivity contribution in [3.63, 3.8) is 0 Å². The summed E-state index contributed by atoms with van der Waals surface area (Å²) in [6.45, 7) is 13.7. The zero-order valence-corrected chi connectivity index (χ0v) is 28.5. The van der Waals surface area contributed by atoms with Gasteiger partial charge >= 0.3 is 0 Å². The van der Waals surface area contributed by atoms with Gasteiger partial charge in [0.2, 0.25) is 5.78 Å². The van der Waals surface area contributed by atoms with Crippen molar-refractivity contribution >= 4 is 27.6 Å². The highest BCUT2D eigenvalue weighted by Crippen LogP contribution is 2.38. The standard InChI is InChI=1S/C44H40N4/c1-43(2,3)32-19-23-38-35(27-32)36-28-33(44(4,5)6)20-24-39(36)48(38)34-21-17-29(18-22-34)37-25-26-47-41(31-15-11-8-12-16-31)40(46-42(47)45-37)30-13-9-7-10-14-30/h7-28H,1-6H3. The second-order valence-corrected chi connectivity index (χ2v) is 14.9. The van der Waals surface area contributed by atoms with Gasteiger partial charge in [0, 0.05) is 39.3 Å². The number of fused-ring (bicyclic) bond motifs is 4. The lowest BCUT2D eigenvalue weighted by Gasteiger charge is -2.19. The average molecular weight is 625 g/mol. The molecule has 0 N–H and O–H groups in total. The summed E-state index contributed by atoms with van der Waals surface area (Å²) in [4.78, 5) is 10.1. The summed E-state index contributed by atoms with van der Waals surface area (Å²) >= 11 is 0. The van der Waals surface area contributed by atoms with Gasteiger partial charge in [-0.25, -0.2) is 9.97 Å². The van der Waals surface area contributed by atoms with E-state index in [0.717, 1.165) is 39.5 Å². The minimum absolute atomic E-state index is 0.0680. The molecule has 0 radical (unpaired) electrons. The van der Waals surface area contributed by atoms with Crippen molar-refractivity contribution in [1.82, 2.24) is 18.9 Å². The molecule has 3 aromatic heterocycles. The van der Waals surface area contributed by atoms with Crippen LogP contribution in [0.2, 0.25) is 0 Å². The Kier molecular flexibility index (Phi) is 6.89. The Labute approximate surface area is 282 Å². The molecule has 8 rings (SSSR count). The smallest absolute Gasteiger partial charge is 0.235 e. The molecule has 0 saturated heterocycles. The van der Waals surface area contributed by atoms with Crippen LogP contribution in [0.3, 0.4) is 0 Å². The second kappa shape index (κ2) is 11.1. The van der Waals surface area contributed by atoms with Crippen LogP contribution in [-0.4, -0.2) is 18.9 Å². The van der Waals surface area contributed by atoms with Crippen molar-refractivity contribution < 1.29 is 0 Å². The molecule has 0 amide bonds. The summed E-state index contributed by atoms with van der Waals surface area (Å²) in [6.07, 6.45) is 2.10. The number of nitrogens with zero attached hydrogens (tertiary/aromatic N) is 4. The van der Waals surface area contributed by atoms with E-state index in [1.807, 2.05) is 12.1 Å². The summed E-state index contributed by atoms with van der Waals surface area (Å²) < 4.78 is 4.50. The Bertz CT molecular complexity index is 2360. The third kappa shape index (κ3) is 5.09. The monoisotopic (exact) mass is 624 g/mol. The normalized spacial score (nSPS) is 12.4. The van der Waals surface area contributed by atoms with Crippen molar-refractivity contribution in [1.29, 1.82) is 0 Å². The highest BCUT2D eigenvalue weighted by molar-refractivity contribution is 6.10. The number of hydrogen-bond acceptors (Lipinski definition) is 2. The zero-order chi connectivity index (χ0) is 33.2. The highest BCUT2D eigenvalue weighted by Gasteiger charge is 2.21. The van der Waals surface area contributed by atoms with Crippen LogP contribution in [0.15, 0.2) is 134 Å². The molecule has 0 saturated carbocycles. The van der Waals surface area contributed by atoms with E-state index in [-0.39, 0.29) is 10.8 Å². The Hall–Kier alpha value is -5.48. The summed E-state index contributed by atoms with van der Waals surface area (Å²) in [7, 11) is 0. The lowest BCUT2D eigenvalue weighted by atomic mass is 9.85. The third-order valence-corrected chi connectivity index (χ3v) is 9.51. The van der Waals surface area contributed by atoms with Gasteiger partial charge in [0.05, 0.1) is 28.1 Å². The van der Waals surface area contributed by atoms with Gasteiger partial charge in [0.25, 0.3) is 0 Å². The molecular weight excluding hydrogens is 585 g/mol. The van der Waals surface area contributed by atoms with Crippen molar-refractivity contribution in [2.24, 2.45) is 0 Å². The first-order chi connectivity index (χ1) is 23.1. The van der Waals surface area contributed by atoms with Crippen LogP contribution < -0.4 is 0 Å². The SMILES string of the molecule is CC(C)(C)c1ccc2c(c1)c1cc(C(C)(C)C)ccc1n2-c1ccc(-c2ccn3c(-c4ccccc4)c(-c4ccccc4)nc3n2)cc1. The van der Waals surface area contributed by atoms with Crippen molar-refractivity contribution in [3.05, 3.63) is 145 Å². The molecule has 3 heterocycles. The van der Waals surface area contributed by atoms with E-state index in [1.54, 1.807) is 0 Å². The van der Waals surface area contributed by atoms with Crippen LogP contribution in [0.5, 0.6) is 0 Å². The Balaban J connectivity index is 1.24. The van der Waals surface area contributed by atoms with Gasteiger partial charge in [-0.3, -0.25) is 4.40 Å². The van der Waals surface area contributed by atoms with E-state index >= 15 is 0 Å². The minimum atomic E-state index is 0.0680. The van der Waals surface area contributed by atoms with E-state index in [4.69, 9.17) is 9.97 Å². The number of hydrogen-bond donors (Lipinski definition) is 0. The third-order valence-electron chi connectivity index (χ3n) is 9.51. The van der Waals surface area contributed by atoms with E-state index in [2.05, 4.69) is 172 Å². The van der Waals surface area contributed by atoms with Crippen LogP contribution in [0.25, 0.3) is 67.0 Å². The van der Waals surface area contributed by atoms with Gasteiger partial charge in [0.15, 0.2) is 0 Å². The maximum atomic E-state index is 5.08. The molecule has 0 aliphatic heterocycles. The fourth-order valence-corrected chi connectivity index (χ4v) is 6.78. The maximum absolute atomic E-state index is 5.08. The quantitative estimate of drug-likeness (QED) is 0.195. The number of aromatic nitrogens is 4. The molecular formula is C44H40N4. The maximum Gasteiger partial charge on any atom is 0.235 e. The van der Waals surface area contributed by atoms with Gasteiger partial charge in [-0.1, -0.05) is 126 Å². The number of rotatable bonds is 4. The largest absolute Gasteiger partial charge is 0.309 e. The fourth-order valence-electron chi connectivity index (χ4n) is 6.78. The molecule has 4 nitrogen and oxygen atoms in total. The summed E-state index contributed by atoms with van der Waals surface area (Å²) in [5, 5.41) is 2.59. The van der Waals surface area contributed by atoms with E-state index in [1.165, 1.54) is 32.9 Å². The molecule has 0 atom stereocenters. The zero-order valence-electron chi connectivity index (χ0n) is 28.5. The van der Waals surface area contributed by atoms with E-state index < -0.39 is 0 Å². The molecule has 5 aromatic carbocycles. The molecule has 236 valence electrons. The summed E-state index contributed by atoms with van der Waals surface area (Å²) in [6, 6.07) is 45.6. The minimum Gasteiger partial charge on any atom is -0.309 e. The lowest BCUT2D eigenvalue weighted by Crippen LogP contribution is -2.10. The topological polar surface area (TPSA) is 35.1 Å². The van der Waals surface area contributed by atoms with Crippen LogP contribution in [-0.2, 0) is 10.8 Å². The Morgan fingerprint density at radius 3 is 1.58 bits per heavy atom. The van der Waals surface area contributed by atoms with Gasteiger partial charge < -0.3 is 4.57 Å². The first kappa shape index (κ1) is 29.9. The van der Waals surface area contributed by atoms with Crippen molar-refractivity contribution in [2.45, 2.75) is 52.4 Å². The lowest BCUT2D eigenvalue weighted by molar-refractivity contribution is 0.590. The predicted molar refractivity (Wildman–Crippen MR) is 201 cm³/mol. The van der Waals surface area contributed by atoms with E-state index in [9.17, 15) is 0 Å². The molecule has 0 aliphatic carbocycles. The second-order valence-electron chi connectivity index (χ2n) is 14.9. The average Bonchev–Trinajstić information content (AvgIpc) is 3.63. The Morgan fingerprint density at radius 2 is 1.04 bits per heavy atom. The Morgan fingerprint density at radius 1 is 0.500 bits per heavy atom. The predicted octanol–water partition coefficient (Wildman–Crippen LogP) is 11.4. The van der Waals surface area contributed by atoms with E-state index in [0.29, 0.717) is 5.78 Å². The van der Waals surface area contributed by atoms with Gasteiger partial charge in [0.1, 0.15) is 0 Å². The van der Waals surface area contributed by atoms with Gasteiger partial charge in [-0.2, -0.15) is 0 Å². The van der Waals surface area contributed by atoms with Crippen LogP contribution in [0.1, 0.15) is 52.7 Å². The number of imidazole rings is 1. The number of benzene rings is 5. The van der Waals surface area contributed by atoms with Gasteiger partial charge in [-0.15, -0.1) is 0 Å². The molecule has 0 bridgehead atoms. The molecule has 0 fully saturated rings. The molecule has 0 unspecified atom stereocenters. The first-order valence-electron chi connectivity index (χ1n) is 16.8. The summed E-state index contributed by atoms with van der Waals surface area (Å²) in [5.41, 5.74) is 12.5. The summed E-state index contributed by atoms with van der Waals surface area (Å²) in [5.74, 6) is 0.681.